The SMILES string of the molecule is CC1OCCC1Sc1ncnc(Cl)c1CO. The molecule has 2 heterocycles. The molecule has 0 spiro atoms. The monoisotopic (exact) mass is 260 g/mol. The normalized spacial score (nSPS) is 24.9. The van der Waals surface area contributed by atoms with Crippen molar-refractivity contribution in [3.05, 3.63) is 17.0 Å². The van der Waals surface area contributed by atoms with Gasteiger partial charge in [0.25, 0.3) is 0 Å². The molecule has 1 N–H and O–H groups in total. The van der Waals surface area contributed by atoms with Gasteiger partial charge < -0.3 is 9.84 Å². The maximum absolute atomic E-state index is 9.23. The van der Waals surface area contributed by atoms with Gasteiger partial charge in [-0.1, -0.05) is 23.4 Å². The first-order chi connectivity index (χ1) is 7.72. The van der Waals surface area contributed by atoms with E-state index in [9.17, 15) is 5.11 Å². The van der Waals surface area contributed by atoms with Crippen molar-refractivity contribution in [2.75, 3.05) is 6.61 Å². The number of thioether (sulfide) groups is 1. The lowest BCUT2D eigenvalue weighted by Gasteiger charge is -2.14. The van der Waals surface area contributed by atoms with Crippen LogP contribution in [0.2, 0.25) is 5.15 Å². The predicted molar refractivity (Wildman–Crippen MR) is 62.6 cm³/mol. The number of aromatic nitrogens is 2. The van der Waals surface area contributed by atoms with Crippen molar-refractivity contribution in [1.29, 1.82) is 0 Å². The fourth-order valence-corrected chi connectivity index (χ4v) is 3.05. The zero-order chi connectivity index (χ0) is 11.5. The van der Waals surface area contributed by atoms with Gasteiger partial charge in [-0.2, -0.15) is 0 Å². The Labute approximate surface area is 103 Å². The number of aliphatic hydroxyl groups excluding tert-OH is 1. The molecular formula is C10H13ClN2O2S. The van der Waals surface area contributed by atoms with Crippen molar-refractivity contribution in [3.8, 4) is 0 Å². The lowest BCUT2D eigenvalue weighted by atomic mass is 10.3. The van der Waals surface area contributed by atoms with E-state index in [0.29, 0.717) is 16.0 Å². The Balaban J connectivity index is 2.17. The van der Waals surface area contributed by atoms with Gasteiger partial charge in [-0.15, -0.1) is 0 Å². The van der Waals surface area contributed by atoms with Crippen LogP contribution in [0, 0.1) is 0 Å². The quantitative estimate of drug-likeness (QED) is 0.842. The van der Waals surface area contributed by atoms with E-state index < -0.39 is 0 Å². The lowest BCUT2D eigenvalue weighted by molar-refractivity contribution is 0.127. The van der Waals surface area contributed by atoms with Gasteiger partial charge >= 0.3 is 0 Å². The third-order valence-corrected chi connectivity index (χ3v) is 4.40. The summed E-state index contributed by atoms with van der Waals surface area (Å²) in [5.74, 6) is 0. The third-order valence-electron chi connectivity index (χ3n) is 2.58. The van der Waals surface area contributed by atoms with E-state index in [1.165, 1.54) is 6.33 Å². The molecule has 0 saturated carbocycles. The van der Waals surface area contributed by atoms with Crippen molar-refractivity contribution in [2.24, 2.45) is 0 Å². The van der Waals surface area contributed by atoms with Crippen molar-refractivity contribution in [1.82, 2.24) is 9.97 Å². The lowest BCUT2D eigenvalue weighted by Crippen LogP contribution is -2.14. The minimum atomic E-state index is -0.135. The maximum atomic E-state index is 9.23. The highest BCUT2D eigenvalue weighted by Crippen LogP contribution is 2.34. The summed E-state index contributed by atoms with van der Waals surface area (Å²) in [4.78, 5) is 8.01. The number of hydrogen-bond donors (Lipinski definition) is 1. The summed E-state index contributed by atoms with van der Waals surface area (Å²) >= 11 is 7.50. The molecule has 1 saturated heterocycles. The molecule has 6 heteroatoms. The summed E-state index contributed by atoms with van der Waals surface area (Å²) in [5.41, 5.74) is 0.605. The first-order valence-electron chi connectivity index (χ1n) is 5.11. The fourth-order valence-electron chi connectivity index (χ4n) is 1.62. The van der Waals surface area contributed by atoms with Crippen LogP contribution >= 0.6 is 23.4 Å². The van der Waals surface area contributed by atoms with Gasteiger partial charge in [-0.05, 0) is 13.3 Å². The van der Waals surface area contributed by atoms with Crippen molar-refractivity contribution in [2.45, 2.75) is 36.3 Å². The number of nitrogens with zero attached hydrogens (tertiary/aromatic N) is 2. The molecule has 88 valence electrons. The number of ether oxygens (including phenoxy) is 1. The molecule has 1 fully saturated rings. The fraction of sp³-hybridized carbons (Fsp3) is 0.600. The summed E-state index contributed by atoms with van der Waals surface area (Å²) in [7, 11) is 0. The average molecular weight is 261 g/mol. The molecule has 0 bridgehead atoms. The molecule has 2 atom stereocenters. The molecule has 2 rings (SSSR count). The summed E-state index contributed by atoms with van der Waals surface area (Å²) in [6.45, 7) is 2.70. The van der Waals surface area contributed by atoms with Crippen LogP contribution in [-0.2, 0) is 11.3 Å². The van der Waals surface area contributed by atoms with E-state index in [4.69, 9.17) is 16.3 Å². The number of rotatable bonds is 3. The molecule has 2 unspecified atom stereocenters. The Morgan fingerprint density at radius 2 is 2.44 bits per heavy atom. The summed E-state index contributed by atoms with van der Waals surface area (Å²) < 4.78 is 5.48. The molecule has 0 aliphatic carbocycles. The van der Waals surface area contributed by atoms with Gasteiger partial charge in [0.1, 0.15) is 16.5 Å². The molecule has 0 radical (unpaired) electrons. The molecule has 0 amide bonds. The molecule has 1 aromatic rings. The molecule has 4 nitrogen and oxygen atoms in total. The van der Waals surface area contributed by atoms with E-state index in [1.807, 2.05) is 6.92 Å². The van der Waals surface area contributed by atoms with Gasteiger partial charge in [-0.3, -0.25) is 0 Å². The minimum Gasteiger partial charge on any atom is -0.391 e. The summed E-state index contributed by atoms with van der Waals surface area (Å²) in [6, 6.07) is 0. The average Bonchev–Trinajstić information content (AvgIpc) is 2.65. The van der Waals surface area contributed by atoms with E-state index in [2.05, 4.69) is 9.97 Å². The van der Waals surface area contributed by atoms with Crippen molar-refractivity contribution >= 4 is 23.4 Å². The van der Waals surface area contributed by atoms with E-state index >= 15 is 0 Å². The zero-order valence-corrected chi connectivity index (χ0v) is 10.5. The second kappa shape index (κ2) is 5.31. The van der Waals surface area contributed by atoms with Crippen LogP contribution in [0.4, 0.5) is 0 Å². The van der Waals surface area contributed by atoms with E-state index in [-0.39, 0.29) is 12.7 Å². The molecule has 16 heavy (non-hydrogen) atoms. The molecule has 1 aromatic heterocycles. The number of hydrogen-bond acceptors (Lipinski definition) is 5. The standard InChI is InChI=1S/C10H13ClN2O2S/c1-6-8(2-3-15-6)16-10-7(4-14)9(11)12-5-13-10/h5-6,8,14H,2-4H2,1H3. The smallest absolute Gasteiger partial charge is 0.139 e. The van der Waals surface area contributed by atoms with Crippen LogP contribution in [0.1, 0.15) is 18.9 Å². The Hall–Kier alpha value is -0.360. The van der Waals surface area contributed by atoms with Crippen LogP contribution in [0.25, 0.3) is 0 Å². The van der Waals surface area contributed by atoms with Crippen LogP contribution in [0.3, 0.4) is 0 Å². The molecule has 1 aliphatic rings. The first-order valence-corrected chi connectivity index (χ1v) is 6.36. The summed E-state index contributed by atoms with van der Waals surface area (Å²) in [5, 5.41) is 10.7. The molecule has 0 aromatic carbocycles. The zero-order valence-electron chi connectivity index (χ0n) is 8.89. The minimum absolute atomic E-state index is 0.135. The summed E-state index contributed by atoms with van der Waals surface area (Å²) in [6.07, 6.45) is 2.63. The van der Waals surface area contributed by atoms with Crippen LogP contribution < -0.4 is 0 Å². The Kier molecular flexibility index (Phi) is 4.02. The number of halogens is 1. The Morgan fingerprint density at radius 1 is 1.62 bits per heavy atom. The van der Waals surface area contributed by atoms with Gasteiger partial charge in [0.15, 0.2) is 0 Å². The van der Waals surface area contributed by atoms with Gasteiger partial charge in [0.2, 0.25) is 0 Å². The number of aliphatic hydroxyl groups is 1. The van der Waals surface area contributed by atoms with Crippen molar-refractivity contribution in [3.63, 3.8) is 0 Å². The Bertz CT molecular complexity index is 378. The Morgan fingerprint density at radius 3 is 3.06 bits per heavy atom. The molecule has 1 aliphatic heterocycles. The third kappa shape index (κ3) is 2.48. The van der Waals surface area contributed by atoms with Gasteiger partial charge in [0.05, 0.1) is 12.7 Å². The van der Waals surface area contributed by atoms with Crippen LogP contribution in [0.5, 0.6) is 0 Å². The van der Waals surface area contributed by atoms with Crippen molar-refractivity contribution < 1.29 is 9.84 Å². The predicted octanol–water partition coefficient (Wildman–Crippen LogP) is 1.89. The van der Waals surface area contributed by atoms with Gasteiger partial charge in [-0.25, -0.2) is 9.97 Å². The first kappa shape index (κ1) is 12.1. The van der Waals surface area contributed by atoms with E-state index in [1.54, 1.807) is 11.8 Å². The molecular weight excluding hydrogens is 248 g/mol. The second-order valence-corrected chi connectivity index (χ2v) is 5.21. The maximum Gasteiger partial charge on any atom is 0.139 e. The topological polar surface area (TPSA) is 55.2 Å². The van der Waals surface area contributed by atoms with Gasteiger partial charge in [0, 0.05) is 17.4 Å². The largest absolute Gasteiger partial charge is 0.391 e. The van der Waals surface area contributed by atoms with Crippen LogP contribution in [0.15, 0.2) is 11.4 Å². The second-order valence-electron chi connectivity index (χ2n) is 3.63. The highest BCUT2D eigenvalue weighted by Gasteiger charge is 2.26. The van der Waals surface area contributed by atoms with E-state index in [0.717, 1.165) is 18.1 Å². The van der Waals surface area contributed by atoms with Crippen LogP contribution in [-0.4, -0.2) is 33.0 Å². The highest BCUT2D eigenvalue weighted by molar-refractivity contribution is 8.00. The highest BCUT2D eigenvalue weighted by atomic mass is 35.5.